The van der Waals surface area contributed by atoms with Gasteiger partial charge >= 0.3 is 103 Å². The van der Waals surface area contributed by atoms with Crippen LogP contribution in [0.25, 0.3) is 0 Å². The van der Waals surface area contributed by atoms with Crippen LogP contribution in [0.3, 0.4) is 0 Å². The zero-order valence-corrected chi connectivity index (χ0v) is 40.5. The molecule has 0 aliphatic heterocycles. The largest absolute Gasteiger partial charge is 0.488 e. The Bertz CT molecular complexity index is 1680. The number of alkyl halides is 37. The van der Waals surface area contributed by atoms with E-state index in [1.165, 1.54) is 0 Å². The van der Waals surface area contributed by atoms with Crippen LogP contribution in [0, 0.1) is 0 Å². The molecular weight excluding hydrogens is 1270 g/mol. The van der Waals surface area contributed by atoms with Crippen LogP contribution >= 0.6 is 0 Å². The zero-order chi connectivity index (χ0) is 67.1. The van der Waals surface area contributed by atoms with Crippen LogP contribution in [0.1, 0.15) is 13.8 Å². The maximum Gasteiger partial charge on any atom is 0.488 e. The minimum absolute atomic E-state index is 0.0195. The second-order valence-corrected chi connectivity index (χ2v) is 12.9. The molecule has 0 bridgehead atoms. The normalized spacial score (nSPS) is 16.9. The molecule has 0 radical (unpaired) electrons. The second-order valence-electron chi connectivity index (χ2n) is 12.9. The SMILES string of the molecule is COC(F)(F)C(C)(F)C(F)(F)F.COC(F)(F)C(F)(F)C(C)(F)F.COC(F)(F)C(F)(F)C(F)(F)OC.COC(F)(F)C(F)(OC)C(F)(F)F.COC(F)(F)OC(F)(C(F)(F)F)C(F)(F)OC.COC(F)(F)OC(F)C(F)(F)OC. The van der Waals surface area contributed by atoms with Crippen LogP contribution in [-0.4, -0.2) is 186 Å². The lowest BCUT2D eigenvalue weighted by molar-refractivity contribution is -0.533. The van der Waals surface area contributed by atoms with Gasteiger partial charge in [0.1, 0.15) is 0 Å². The maximum absolute atomic E-state index is 13.0. The van der Waals surface area contributed by atoms with Gasteiger partial charge in [0.15, 0.2) is 0 Å². The van der Waals surface area contributed by atoms with E-state index in [2.05, 4.69) is 56.8 Å². The summed E-state index contributed by atoms with van der Waals surface area (Å²) in [6.07, 6.45) is -67.1. The van der Waals surface area contributed by atoms with Gasteiger partial charge < -0.3 is 37.9 Å². The third kappa shape index (κ3) is 22.8. The Balaban J connectivity index is -0.000000206. The Morgan fingerprint density at radius 3 is 0.688 bits per heavy atom. The first-order chi connectivity index (χ1) is 34.4. The minimum atomic E-state index is -6.48. The molecule has 0 saturated heterocycles. The molecule has 0 aliphatic rings. The molecule has 0 fully saturated rings. The Morgan fingerprint density at radius 2 is 0.525 bits per heavy atom. The summed E-state index contributed by atoms with van der Waals surface area (Å²) in [6.45, 7) is -0.587. The molecule has 0 rings (SSSR count). The van der Waals surface area contributed by atoms with Crippen molar-refractivity contribution in [2.75, 3.05) is 71.1 Å². The average Bonchev–Trinajstić information content (AvgIpc) is 3.29. The van der Waals surface area contributed by atoms with Crippen LogP contribution in [0.5, 0.6) is 0 Å². The van der Waals surface area contributed by atoms with Crippen LogP contribution < -0.4 is 0 Å². The van der Waals surface area contributed by atoms with Crippen molar-refractivity contribution < 1.29 is 219 Å². The highest BCUT2D eigenvalue weighted by molar-refractivity contribution is 4.91. The zero-order valence-electron chi connectivity index (χ0n) is 40.5. The summed E-state index contributed by atoms with van der Waals surface area (Å²) < 4.78 is 483. The van der Waals surface area contributed by atoms with Crippen molar-refractivity contribution >= 4 is 0 Å². The van der Waals surface area contributed by atoms with Crippen molar-refractivity contribution in [3.05, 3.63) is 0 Å². The molecule has 0 spiro atoms. The van der Waals surface area contributed by atoms with Crippen LogP contribution in [0.2, 0.25) is 0 Å². The molecule has 0 aromatic rings. The predicted molar refractivity (Wildman–Crippen MR) is 178 cm³/mol. The predicted octanol–water partition coefficient (Wildman–Crippen LogP) is 13.6. The van der Waals surface area contributed by atoms with Gasteiger partial charge in [0.2, 0.25) is 0 Å². The maximum atomic E-state index is 13.0. The number of hydrogen-bond acceptors (Lipinski definition) is 12. The molecule has 12 nitrogen and oxygen atoms in total. The molecule has 492 valence electrons. The van der Waals surface area contributed by atoms with E-state index < -0.39 is 115 Å². The first kappa shape index (κ1) is 88.2. The summed E-state index contributed by atoms with van der Waals surface area (Å²) in [5.74, 6) is -27.2. The molecular formula is C31H37F37O12. The quantitative estimate of drug-likeness (QED) is 0.0760. The molecule has 0 saturated carbocycles. The van der Waals surface area contributed by atoms with E-state index in [1.807, 2.05) is 0 Å². The summed E-state index contributed by atoms with van der Waals surface area (Å²) >= 11 is 0. The molecule has 80 heavy (non-hydrogen) atoms. The van der Waals surface area contributed by atoms with Gasteiger partial charge in [-0.1, -0.05) is 0 Å². The summed E-state index contributed by atoms with van der Waals surface area (Å²) in [5, 5.41) is 0. The van der Waals surface area contributed by atoms with Crippen molar-refractivity contribution in [2.24, 2.45) is 0 Å². The summed E-state index contributed by atoms with van der Waals surface area (Å²) in [6, 6.07) is 0. The highest BCUT2D eigenvalue weighted by atomic mass is 19.4. The van der Waals surface area contributed by atoms with E-state index in [-0.39, 0.29) is 63.6 Å². The average molecular weight is 1300 g/mol. The Morgan fingerprint density at radius 1 is 0.263 bits per heavy atom. The van der Waals surface area contributed by atoms with Crippen LogP contribution in [0.15, 0.2) is 0 Å². The first-order valence-electron chi connectivity index (χ1n) is 17.8. The molecule has 4 unspecified atom stereocenters. The number of halogens is 37. The molecule has 4 atom stereocenters. The summed E-state index contributed by atoms with van der Waals surface area (Å²) in [7, 11) is 2.30. The summed E-state index contributed by atoms with van der Waals surface area (Å²) in [5.41, 5.74) is -4.67. The Kier molecular flexibility index (Phi) is 32.7. The van der Waals surface area contributed by atoms with Crippen LogP contribution in [-0.2, 0) is 56.8 Å². The van der Waals surface area contributed by atoms with Gasteiger partial charge in [-0.25, -0.2) is 13.5 Å². The fraction of sp³-hybridized carbons (Fsp3) is 1.00. The molecule has 0 heterocycles. The van der Waals surface area contributed by atoms with Gasteiger partial charge in [-0.05, 0) is 6.92 Å². The lowest BCUT2D eigenvalue weighted by Crippen LogP contribution is -2.60. The molecule has 0 aromatic heterocycles. The van der Waals surface area contributed by atoms with Crippen molar-refractivity contribution in [3.63, 3.8) is 0 Å². The molecule has 0 aliphatic carbocycles. The van der Waals surface area contributed by atoms with E-state index in [4.69, 9.17) is 0 Å². The van der Waals surface area contributed by atoms with Crippen molar-refractivity contribution in [3.8, 4) is 0 Å². The van der Waals surface area contributed by atoms with E-state index in [9.17, 15) is 162 Å². The number of hydrogen-bond donors (Lipinski definition) is 0. The van der Waals surface area contributed by atoms with Crippen molar-refractivity contribution in [2.45, 2.75) is 129 Å². The second kappa shape index (κ2) is 29.6. The first-order valence-corrected chi connectivity index (χ1v) is 17.8. The van der Waals surface area contributed by atoms with Crippen molar-refractivity contribution in [1.29, 1.82) is 0 Å². The van der Waals surface area contributed by atoms with Gasteiger partial charge in [-0.3, -0.25) is 14.2 Å². The molecule has 0 aromatic carbocycles. The highest BCUT2D eigenvalue weighted by Gasteiger charge is 2.78. The standard InChI is InChI=1S/C6H6F8O3.2C5H6F6O2.2C5H6F6O.C5H7F5O3/c1-15-5(11,12)3(7,4(8,9)10)17-6(13,14)16-2;1-12-3(6,4(7,8)9)5(10,11)13-2;1-12-4(8,9)3(6,7)5(10,11)13-2;1-3(6,7)4(8,9)5(10,11)12-2;1-3(6,4(7,8)9)5(10,11)12-2;1-11-4(7,8)3(6)13-5(9,10)12-2/h1-2H3;2*1-2H3;2*1-2H3;3H,1-2H3. The highest BCUT2D eigenvalue weighted by Crippen LogP contribution is 2.51. The Hall–Kier alpha value is -3.07. The molecule has 0 amide bonds. The number of ether oxygens (including phenoxy) is 12. The van der Waals surface area contributed by atoms with Crippen LogP contribution in [0.4, 0.5) is 162 Å². The molecule has 49 heteroatoms. The third-order valence-electron chi connectivity index (χ3n) is 7.54. The lowest BCUT2D eigenvalue weighted by Gasteiger charge is -2.34. The van der Waals surface area contributed by atoms with Gasteiger partial charge in [0.05, 0.1) is 0 Å². The smallest absolute Gasteiger partial charge is 0.335 e. The fourth-order valence-electron chi connectivity index (χ4n) is 2.65. The lowest BCUT2D eigenvalue weighted by atomic mass is 10.1. The van der Waals surface area contributed by atoms with E-state index in [0.29, 0.717) is 21.3 Å². The van der Waals surface area contributed by atoms with E-state index in [1.54, 1.807) is 0 Å². The monoisotopic (exact) mass is 1300 g/mol. The minimum Gasteiger partial charge on any atom is -0.335 e. The van der Waals surface area contributed by atoms with E-state index in [0.717, 1.165) is 0 Å². The van der Waals surface area contributed by atoms with Gasteiger partial charge in [0, 0.05) is 78.0 Å². The van der Waals surface area contributed by atoms with Crippen molar-refractivity contribution in [1.82, 2.24) is 0 Å². The summed E-state index contributed by atoms with van der Waals surface area (Å²) in [4.78, 5) is 0. The fourth-order valence-corrected chi connectivity index (χ4v) is 2.65. The molecule has 0 N–H and O–H groups in total. The number of rotatable bonds is 22. The number of methoxy groups -OCH3 is 10. The third-order valence-corrected chi connectivity index (χ3v) is 7.54. The van der Waals surface area contributed by atoms with Gasteiger partial charge in [0.25, 0.3) is 12.0 Å². The Labute approximate surface area is 420 Å². The topological polar surface area (TPSA) is 111 Å². The van der Waals surface area contributed by atoms with Gasteiger partial charge in [-0.15, -0.1) is 17.6 Å². The van der Waals surface area contributed by atoms with E-state index >= 15 is 0 Å². The van der Waals surface area contributed by atoms with Gasteiger partial charge in [-0.2, -0.15) is 136 Å².